The number of hydrogen-bond acceptors (Lipinski definition) is 4. The smallest absolute Gasteiger partial charge is 0.224 e. The quantitative estimate of drug-likeness (QED) is 0.767. The third-order valence-corrected chi connectivity index (χ3v) is 7.81. The van der Waals surface area contributed by atoms with Gasteiger partial charge in [0, 0.05) is 11.8 Å². The lowest BCUT2D eigenvalue weighted by molar-refractivity contribution is -0.126. The summed E-state index contributed by atoms with van der Waals surface area (Å²) in [5, 5.41) is 10.5. The summed E-state index contributed by atoms with van der Waals surface area (Å²) < 4.78 is 52.3. The van der Waals surface area contributed by atoms with E-state index < -0.39 is 50.9 Å². The second-order valence-corrected chi connectivity index (χ2v) is 9.52. The Kier molecular flexibility index (Phi) is 4.97. The molecule has 5 nitrogen and oxygen atoms in total. The summed E-state index contributed by atoms with van der Waals surface area (Å²) in [4.78, 5) is 12.2. The fraction of sp³-hybridized carbons (Fsp3) is 0.529. The molecule has 0 aromatic heterocycles. The predicted octanol–water partition coefficient (Wildman–Crippen LogP) is 2.79. The van der Waals surface area contributed by atoms with E-state index in [1.54, 1.807) is 0 Å². The van der Waals surface area contributed by atoms with Gasteiger partial charge < -0.3 is 5.32 Å². The van der Waals surface area contributed by atoms with Gasteiger partial charge in [0.15, 0.2) is 9.84 Å². The number of carbonyl (C=O) groups excluding carboxylic acids is 1. The Balaban J connectivity index is 1.81. The van der Waals surface area contributed by atoms with Crippen LogP contribution in [0.5, 0.6) is 0 Å². The van der Waals surface area contributed by atoms with Crippen LogP contribution in [0.4, 0.5) is 8.78 Å². The van der Waals surface area contributed by atoms with Crippen LogP contribution < -0.4 is 5.32 Å². The van der Waals surface area contributed by atoms with Crippen LogP contribution in [0.15, 0.2) is 23.1 Å². The number of hydrogen-bond donors (Lipinski definition) is 1. The summed E-state index contributed by atoms with van der Waals surface area (Å²) >= 11 is 5.87. The fourth-order valence-electron chi connectivity index (χ4n) is 3.42. The van der Waals surface area contributed by atoms with Crippen LogP contribution in [0.25, 0.3) is 0 Å². The van der Waals surface area contributed by atoms with E-state index in [-0.39, 0.29) is 22.8 Å². The molecule has 1 unspecified atom stereocenters. The van der Waals surface area contributed by atoms with Crippen LogP contribution >= 0.6 is 11.6 Å². The Hall–Kier alpha value is -1.72. The van der Waals surface area contributed by atoms with Crippen molar-refractivity contribution in [3.05, 3.63) is 29.0 Å². The van der Waals surface area contributed by atoms with Crippen molar-refractivity contribution in [1.29, 1.82) is 5.26 Å². The van der Waals surface area contributed by atoms with Crippen LogP contribution in [0, 0.1) is 29.0 Å². The second-order valence-electron chi connectivity index (χ2n) is 6.92. The maximum atomic E-state index is 13.4. The number of nitrogens with one attached hydrogen (secondary N) is 1. The van der Waals surface area contributed by atoms with E-state index >= 15 is 0 Å². The average Bonchev–Trinajstić information content (AvgIpc) is 3.20. The molecule has 9 heteroatoms. The van der Waals surface area contributed by atoms with E-state index in [4.69, 9.17) is 16.9 Å². The van der Waals surface area contributed by atoms with Gasteiger partial charge in [-0.25, -0.2) is 12.8 Å². The molecule has 2 fully saturated rings. The third-order valence-electron chi connectivity index (χ3n) is 5.15. The fourth-order valence-corrected chi connectivity index (χ4v) is 5.82. The molecule has 0 heterocycles. The highest BCUT2D eigenvalue weighted by atomic mass is 35.5. The third kappa shape index (κ3) is 3.42. The summed E-state index contributed by atoms with van der Waals surface area (Å²) in [5.41, 5.74) is -0.894. The van der Waals surface area contributed by atoms with Crippen molar-refractivity contribution in [3.63, 3.8) is 0 Å². The molecule has 3 atom stereocenters. The van der Waals surface area contributed by atoms with E-state index in [0.29, 0.717) is 12.8 Å². The van der Waals surface area contributed by atoms with Crippen LogP contribution in [0.1, 0.15) is 25.7 Å². The first-order valence-corrected chi connectivity index (χ1v) is 10.1. The molecule has 2 saturated carbocycles. The summed E-state index contributed by atoms with van der Waals surface area (Å²) in [5.74, 6) is -2.73. The monoisotopic (exact) mass is 402 g/mol. The van der Waals surface area contributed by atoms with Gasteiger partial charge in [-0.1, -0.05) is 11.6 Å². The molecule has 0 spiro atoms. The zero-order chi connectivity index (χ0) is 19.1. The summed E-state index contributed by atoms with van der Waals surface area (Å²) in [6.07, 6.45) is 0.993. The van der Waals surface area contributed by atoms with E-state index in [1.807, 2.05) is 6.07 Å². The minimum Gasteiger partial charge on any atom is -0.338 e. The highest BCUT2D eigenvalue weighted by Crippen LogP contribution is 2.42. The summed E-state index contributed by atoms with van der Waals surface area (Å²) in [6, 6.07) is 5.01. The van der Waals surface area contributed by atoms with Gasteiger partial charge in [0.25, 0.3) is 0 Å². The first-order chi connectivity index (χ1) is 12.2. The molecule has 0 saturated heterocycles. The molecule has 0 bridgehead atoms. The number of halogens is 3. The van der Waals surface area contributed by atoms with Crippen molar-refractivity contribution in [2.24, 2.45) is 11.8 Å². The number of nitrogens with zero attached hydrogens (tertiary/aromatic N) is 1. The highest BCUT2D eigenvalue weighted by Gasteiger charge is 2.50. The van der Waals surface area contributed by atoms with E-state index in [2.05, 4.69) is 5.32 Å². The Morgan fingerprint density at radius 3 is 2.62 bits per heavy atom. The molecule has 0 aliphatic heterocycles. The highest BCUT2D eigenvalue weighted by molar-refractivity contribution is 7.92. The van der Waals surface area contributed by atoms with Crippen molar-refractivity contribution < 1.29 is 22.0 Å². The molecule has 0 radical (unpaired) electrons. The lowest BCUT2D eigenvalue weighted by Crippen LogP contribution is -2.41. The van der Waals surface area contributed by atoms with Crippen LogP contribution in [-0.4, -0.2) is 31.8 Å². The standard InChI is InChI=1S/C17H17ClF2N2O3S/c18-14-6-11(20)1-2-15(14)26(24,25)12-5-10(8-19)13(7-12)16(23)22-17(9-21)3-4-17/h1-2,6,10,12-13H,3-5,7-8H2,(H,22,23)/t10-,12?,13+/m0/s1. The summed E-state index contributed by atoms with van der Waals surface area (Å²) in [6.45, 7) is -0.833. The van der Waals surface area contributed by atoms with Crippen LogP contribution in [0.3, 0.4) is 0 Å². The van der Waals surface area contributed by atoms with E-state index in [9.17, 15) is 22.0 Å². The number of carbonyl (C=O) groups is 1. The number of nitriles is 1. The van der Waals surface area contributed by atoms with Gasteiger partial charge in [0.1, 0.15) is 11.4 Å². The number of benzene rings is 1. The van der Waals surface area contributed by atoms with Gasteiger partial charge >= 0.3 is 0 Å². The molecule has 1 aromatic carbocycles. The molecule has 26 heavy (non-hydrogen) atoms. The normalized spacial score (nSPS) is 26.9. The zero-order valence-electron chi connectivity index (χ0n) is 13.7. The van der Waals surface area contributed by atoms with E-state index in [0.717, 1.165) is 18.2 Å². The van der Waals surface area contributed by atoms with Crippen molar-refractivity contribution >= 4 is 27.3 Å². The minimum atomic E-state index is -3.94. The predicted molar refractivity (Wildman–Crippen MR) is 90.3 cm³/mol. The van der Waals surface area contributed by atoms with Gasteiger partial charge in [-0.3, -0.25) is 9.18 Å². The van der Waals surface area contributed by atoms with Crippen LogP contribution in [0.2, 0.25) is 5.02 Å². The van der Waals surface area contributed by atoms with Crippen molar-refractivity contribution in [2.75, 3.05) is 6.67 Å². The maximum absolute atomic E-state index is 13.4. The molecular formula is C17H17ClF2N2O3S. The SMILES string of the molecule is N#CC1(NC(=O)[C@@H]2CC(S(=O)(=O)c3ccc(F)cc3Cl)C[C@H]2CF)CC1. The Morgan fingerprint density at radius 2 is 2.08 bits per heavy atom. The molecule has 1 amide bonds. The molecule has 1 N–H and O–H groups in total. The number of sulfone groups is 1. The minimum absolute atomic E-state index is 0.0236. The topological polar surface area (TPSA) is 87.0 Å². The Labute approximate surface area is 155 Å². The second kappa shape index (κ2) is 6.78. The lowest BCUT2D eigenvalue weighted by atomic mass is 9.96. The van der Waals surface area contributed by atoms with Gasteiger partial charge in [0.2, 0.25) is 5.91 Å². The summed E-state index contributed by atoms with van der Waals surface area (Å²) in [7, 11) is -3.94. The molecule has 1 aromatic rings. The van der Waals surface area contributed by atoms with Gasteiger partial charge in [-0.05, 0) is 43.9 Å². The number of rotatable bonds is 5. The maximum Gasteiger partial charge on any atom is 0.224 e. The Morgan fingerprint density at radius 1 is 1.38 bits per heavy atom. The molecule has 2 aliphatic carbocycles. The van der Waals surface area contributed by atoms with Crippen molar-refractivity contribution in [3.8, 4) is 6.07 Å². The molecule has 3 rings (SSSR count). The lowest BCUT2D eigenvalue weighted by Gasteiger charge is -2.18. The molecule has 2 aliphatic rings. The van der Waals surface area contributed by atoms with Gasteiger partial charge in [-0.2, -0.15) is 5.26 Å². The average molecular weight is 403 g/mol. The first kappa shape index (κ1) is 19.1. The van der Waals surface area contributed by atoms with Crippen LogP contribution in [-0.2, 0) is 14.6 Å². The largest absolute Gasteiger partial charge is 0.338 e. The Bertz CT molecular complexity index is 880. The first-order valence-electron chi connectivity index (χ1n) is 8.20. The molecular weight excluding hydrogens is 386 g/mol. The van der Waals surface area contributed by atoms with Gasteiger partial charge in [0.05, 0.1) is 27.9 Å². The zero-order valence-corrected chi connectivity index (χ0v) is 15.3. The van der Waals surface area contributed by atoms with E-state index in [1.165, 1.54) is 0 Å². The van der Waals surface area contributed by atoms with Crippen molar-refractivity contribution in [1.82, 2.24) is 5.32 Å². The van der Waals surface area contributed by atoms with Gasteiger partial charge in [-0.15, -0.1) is 0 Å². The number of alkyl halides is 1. The molecule has 140 valence electrons. The van der Waals surface area contributed by atoms with Crippen molar-refractivity contribution in [2.45, 2.75) is 41.4 Å². The number of amides is 1.